The lowest BCUT2D eigenvalue weighted by molar-refractivity contribution is 0.951. The molecule has 5 heteroatoms. The second-order valence-electron chi connectivity index (χ2n) is 4.18. The van der Waals surface area contributed by atoms with E-state index in [1.807, 2.05) is 0 Å². The number of hydrogen-bond donors (Lipinski definition) is 0. The highest BCUT2D eigenvalue weighted by Crippen LogP contribution is 2.12. The predicted molar refractivity (Wildman–Crippen MR) is 81.0 cm³/mol. The van der Waals surface area contributed by atoms with E-state index in [1.54, 1.807) is 0 Å². The van der Waals surface area contributed by atoms with Gasteiger partial charge >= 0.3 is 0 Å². The molecule has 0 aliphatic heterocycles. The van der Waals surface area contributed by atoms with Gasteiger partial charge in [-0.25, -0.2) is 0 Å². The molecule has 0 aliphatic carbocycles. The molecule has 0 bridgehead atoms. The average Bonchev–Trinajstić information content (AvgIpc) is 2.21. The zero-order valence-electron chi connectivity index (χ0n) is 10.8. The molecule has 0 rings (SSSR count). The van der Waals surface area contributed by atoms with Gasteiger partial charge in [-0.2, -0.15) is 0 Å². The van der Waals surface area contributed by atoms with Crippen molar-refractivity contribution in [3.63, 3.8) is 0 Å². The summed E-state index contributed by atoms with van der Waals surface area (Å²) in [7, 11) is -0.182. The second-order valence-corrected chi connectivity index (χ2v) is 20.0. The summed E-state index contributed by atoms with van der Waals surface area (Å²) < 4.78 is 3.21. The molecule has 0 saturated carbocycles. The molecule has 0 N–H and O–H groups in total. The molecule has 0 heterocycles. The van der Waals surface area contributed by atoms with Crippen LogP contribution in [0.1, 0.15) is 27.7 Å². The molecule has 86 valence electrons. The van der Waals surface area contributed by atoms with Crippen LogP contribution in [0.5, 0.6) is 0 Å². The highest BCUT2D eigenvalue weighted by molar-refractivity contribution is 7.06. The third-order valence-corrected chi connectivity index (χ3v) is 23.1. The zero-order valence-corrected chi connectivity index (χ0v) is 16.0. The fourth-order valence-electron chi connectivity index (χ4n) is 2.44. The van der Waals surface area contributed by atoms with Crippen LogP contribution in [-0.4, -0.2) is 40.0 Å². The van der Waals surface area contributed by atoms with Crippen LogP contribution < -0.4 is 0 Å². The van der Waals surface area contributed by atoms with E-state index in [-0.39, 0.29) is 0 Å². The van der Waals surface area contributed by atoms with E-state index >= 15 is 0 Å². The molecule has 0 radical (unpaired) electrons. The minimum Gasteiger partial charge on any atom is -0.380 e. The van der Waals surface area contributed by atoms with Gasteiger partial charge in [0.05, 0.1) is 27.1 Å². The Balaban J connectivity index is 4.36. The molecule has 0 aromatic carbocycles. The fraction of sp³-hybridized carbons (Fsp3) is 1.00. The monoisotopic (exact) mass is 263 g/mol. The highest BCUT2D eigenvalue weighted by atomic mass is 29.2. The Hall–Kier alpha value is 0.828. The first-order chi connectivity index (χ1) is 6.74. The summed E-state index contributed by atoms with van der Waals surface area (Å²) in [6.07, 6.45) is 0. The van der Waals surface area contributed by atoms with E-state index in [0.717, 1.165) is 0 Å². The van der Waals surface area contributed by atoms with Crippen molar-refractivity contribution in [3.8, 4) is 0 Å². The van der Waals surface area contributed by atoms with Gasteiger partial charge in [-0.15, -0.1) is 0 Å². The summed E-state index contributed by atoms with van der Waals surface area (Å²) in [5.74, 6) is 0. The molecule has 0 aromatic heterocycles. The normalized spacial score (nSPS) is 13.7. The summed E-state index contributed by atoms with van der Waals surface area (Å²) in [6.45, 7) is 12.3. The number of nitrogens with zero attached hydrogens (tertiary/aromatic N) is 1. The minimum atomic E-state index is -0.426. The molecule has 0 atom stereocenters. The largest absolute Gasteiger partial charge is 0.380 e. The smallest absolute Gasteiger partial charge is 0.0966 e. The summed E-state index contributed by atoms with van der Waals surface area (Å²) >= 11 is 0. The van der Waals surface area contributed by atoms with E-state index in [9.17, 15) is 0 Å². The quantitative estimate of drug-likeness (QED) is 0.592. The first-order valence-corrected chi connectivity index (χ1v) is 16.8. The van der Waals surface area contributed by atoms with Crippen LogP contribution >= 0.6 is 0 Å². The SMILES string of the molecule is CC[SiH](CC)N([SiH2][SiH2]C)[SiH](CC)CC. The van der Waals surface area contributed by atoms with Gasteiger partial charge in [-0.3, -0.25) is 0 Å². The Labute approximate surface area is 98.6 Å². The van der Waals surface area contributed by atoms with Crippen LogP contribution in [0.2, 0.25) is 30.7 Å². The van der Waals surface area contributed by atoms with Crippen molar-refractivity contribution in [1.82, 2.24) is 3.90 Å². The number of hydrogen-bond acceptors (Lipinski definition) is 1. The molecule has 1 nitrogen and oxygen atoms in total. The van der Waals surface area contributed by atoms with Crippen LogP contribution in [0.4, 0.5) is 0 Å². The van der Waals surface area contributed by atoms with E-state index in [2.05, 4.69) is 38.1 Å². The van der Waals surface area contributed by atoms with Crippen molar-refractivity contribution in [2.24, 2.45) is 0 Å². The standard InChI is InChI=1S/C9H29NSi4/c1-6-13(7-2)10(12-11-5)14(8-3)9-4/h13-14H,6-9,11-12H2,1-5H3. The fourth-order valence-corrected chi connectivity index (χ4v) is 29.7. The Morgan fingerprint density at radius 2 is 1.21 bits per heavy atom. The van der Waals surface area contributed by atoms with Crippen molar-refractivity contribution >= 4 is 36.2 Å². The van der Waals surface area contributed by atoms with Gasteiger partial charge in [-0.05, 0) is 0 Å². The molecule has 0 aliphatic rings. The van der Waals surface area contributed by atoms with Crippen LogP contribution in [0.15, 0.2) is 0 Å². The third-order valence-electron chi connectivity index (χ3n) is 3.30. The molecule has 0 amide bonds. The Bertz CT molecular complexity index is 114. The lowest BCUT2D eigenvalue weighted by Gasteiger charge is -2.35. The Kier molecular flexibility index (Phi) is 9.62. The second kappa shape index (κ2) is 9.08. The van der Waals surface area contributed by atoms with Crippen LogP contribution in [0, 0.1) is 0 Å². The van der Waals surface area contributed by atoms with E-state index < -0.39 is 17.9 Å². The van der Waals surface area contributed by atoms with Gasteiger partial charge < -0.3 is 3.90 Å². The van der Waals surface area contributed by atoms with Crippen molar-refractivity contribution in [2.45, 2.75) is 58.4 Å². The van der Waals surface area contributed by atoms with E-state index in [1.165, 1.54) is 24.2 Å². The topological polar surface area (TPSA) is 3.24 Å². The highest BCUT2D eigenvalue weighted by Gasteiger charge is 2.22. The van der Waals surface area contributed by atoms with Gasteiger partial charge in [0.15, 0.2) is 0 Å². The molecular weight excluding hydrogens is 234 g/mol. The van der Waals surface area contributed by atoms with Crippen LogP contribution in [-0.2, 0) is 0 Å². The molecule has 0 unspecified atom stereocenters. The van der Waals surface area contributed by atoms with Crippen molar-refractivity contribution in [3.05, 3.63) is 0 Å². The Morgan fingerprint density at radius 1 is 0.857 bits per heavy atom. The van der Waals surface area contributed by atoms with Gasteiger partial charge in [0.25, 0.3) is 0 Å². The van der Waals surface area contributed by atoms with Crippen molar-refractivity contribution in [1.29, 1.82) is 0 Å². The van der Waals surface area contributed by atoms with Crippen molar-refractivity contribution < 1.29 is 0 Å². The predicted octanol–water partition coefficient (Wildman–Crippen LogP) is 1.03. The summed E-state index contributed by atoms with van der Waals surface area (Å²) in [5.41, 5.74) is 0. The zero-order chi connectivity index (χ0) is 11.0. The van der Waals surface area contributed by atoms with Gasteiger partial charge in [0.2, 0.25) is 0 Å². The Morgan fingerprint density at radius 3 is 1.43 bits per heavy atom. The maximum Gasteiger partial charge on any atom is 0.0966 e. The molecule has 14 heavy (non-hydrogen) atoms. The molecular formula is C9H29NSi4. The van der Waals surface area contributed by atoms with Crippen molar-refractivity contribution in [2.75, 3.05) is 0 Å². The molecule has 0 aromatic rings. The van der Waals surface area contributed by atoms with Gasteiger partial charge in [-0.1, -0.05) is 58.4 Å². The first kappa shape index (κ1) is 14.8. The molecule has 0 saturated heterocycles. The maximum absolute atomic E-state index is 3.21. The summed E-state index contributed by atoms with van der Waals surface area (Å²) in [4.78, 5) is 0. The molecule has 0 fully saturated rings. The minimum absolute atomic E-state index is 0.293. The summed E-state index contributed by atoms with van der Waals surface area (Å²) in [6, 6.07) is 6.12. The lowest BCUT2D eigenvalue weighted by Crippen LogP contribution is -2.51. The van der Waals surface area contributed by atoms with E-state index in [4.69, 9.17) is 0 Å². The van der Waals surface area contributed by atoms with E-state index in [0.29, 0.717) is 18.2 Å². The molecule has 0 spiro atoms. The summed E-state index contributed by atoms with van der Waals surface area (Å²) in [5, 5.41) is 0. The van der Waals surface area contributed by atoms with Gasteiger partial charge in [0, 0.05) is 9.04 Å². The lowest BCUT2D eigenvalue weighted by atomic mass is 10.9. The third kappa shape index (κ3) is 4.56. The maximum atomic E-state index is 3.21. The van der Waals surface area contributed by atoms with Crippen LogP contribution in [0.25, 0.3) is 0 Å². The number of rotatable bonds is 8. The first-order valence-electron chi connectivity index (χ1n) is 6.50. The average molecular weight is 264 g/mol. The van der Waals surface area contributed by atoms with Gasteiger partial charge in [0.1, 0.15) is 0 Å². The van der Waals surface area contributed by atoms with Crippen LogP contribution in [0.3, 0.4) is 0 Å².